The molecule has 1 unspecified atom stereocenters. The number of rotatable bonds is 6. The third-order valence-electron chi connectivity index (χ3n) is 2.32. The highest BCUT2D eigenvalue weighted by Crippen LogP contribution is 2.19. The van der Waals surface area contributed by atoms with Gasteiger partial charge in [0.05, 0.1) is 6.61 Å². The van der Waals surface area contributed by atoms with Crippen LogP contribution >= 0.6 is 0 Å². The van der Waals surface area contributed by atoms with E-state index in [-0.39, 0.29) is 6.61 Å². The Hall–Kier alpha value is -1.62. The highest BCUT2D eigenvalue weighted by Gasteiger charge is 2.19. The van der Waals surface area contributed by atoms with E-state index < -0.39 is 12.1 Å². The third-order valence-corrected chi connectivity index (χ3v) is 2.32. The maximum absolute atomic E-state index is 11.0. The van der Waals surface area contributed by atoms with Crippen LogP contribution in [0.2, 0.25) is 0 Å². The maximum atomic E-state index is 11.0. The van der Waals surface area contributed by atoms with Gasteiger partial charge < -0.3 is 14.9 Å². The number of hydrogen-bond donors (Lipinski definition) is 2. The van der Waals surface area contributed by atoms with Crippen molar-refractivity contribution >= 4 is 5.97 Å². The Morgan fingerprint density at radius 1 is 1.53 bits per heavy atom. The van der Waals surface area contributed by atoms with E-state index >= 15 is 0 Å². The van der Waals surface area contributed by atoms with Gasteiger partial charge in [0.15, 0.2) is 6.10 Å². The molecule has 5 heteroatoms. The first-order valence-electron chi connectivity index (χ1n) is 5.55. The van der Waals surface area contributed by atoms with Crippen molar-refractivity contribution in [2.45, 2.75) is 39.4 Å². The second-order valence-electron chi connectivity index (χ2n) is 3.79. The minimum absolute atomic E-state index is 0.268. The number of carboxylic acids is 1. The van der Waals surface area contributed by atoms with E-state index in [1.54, 1.807) is 19.1 Å². The zero-order valence-electron chi connectivity index (χ0n) is 10.0. The zero-order chi connectivity index (χ0) is 12.8. The van der Waals surface area contributed by atoms with Gasteiger partial charge in [0.25, 0.3) is 0 Å². The molecule has 0 bridgehead atoms. The fraction of sp³-hybridized carbons (Fsp3) is 0.500. The summed E-state index contributed by atoms with van der Waals surface area (Å²) < 4.78 is 5.37. The van der Waals surface area contributed by atoms with Crippen LogP contribution in [0, 0.1) is 6.92 Å². The molecule has 94 valence electrons. The van der Waals surface area contributed by atoms with Crippen molar-refractivity contribution in [1.29, 1.82) is 0 Å². The second kappa shape index (κ2) is 6.20. The summed E-state index contributed by atoms with van der Waals surface area (Å²) in [7, 11) is 0. The molecule has 0 aliphatic rings. The van der Waals surface area contributed by atoms with Gasteiger partial charge in [-0.15, -0.1) is 0 Å². The average Bonchev–Trinajstić information content (AvgIpc) is 2.30. The molecule has 17 heavy (non-hydrogen) atoms. The summed E-state index contributed by atoms with van der Waals surface area (Å²) in [5, 5.41) is 18.1. The molecule has 1 aromatic heterocycles. The average molecular weight is 239 g/mol. The van der Waals surface area contributed by atoms with Crippen LogP contribution in [0.4, 0.5) is 0 Å². The first kappa shape index (κ1) is 13.4. The minimum Gasteiger partial charge on any atom is -0.479 e. The summed E-state index contributed by atoms with van der Waals surface area (Å²) in [6.45, 7) is 3.42. The van der Waals surface area contributed by atoms with Gasteiger partial charge in [-0.3, -0.25) is 4.98 Å². The molecule has 1 heterocycles. The van der Waals surface area contributed by atoms with Crippen LogP contribution in [0.15, 0.2) is 12.1 Å². The lowest BCUT2D eigenvalue weighted by Gasteiger charge is -2.16. The second-order valence-corrected chi connectivity index (χ2v) is 3.79. The molecule has 0 aromatic carbocycles. The molecule has 1 atom stereocenters. The molecule has 5 nitrogen and oxygen atoms in total. The molecule has 1 rings (SSSR count). The quantitative estimate of drug-likeness (QED) is 0.786. The summed E-state index contributed by atoms with van der Waals surface area (Å²) in [6.07, 6.45) is 0.244. The first-order chi connectivity index (χ1) is 8.08. The van der Waals surface area contributed by atoms with E-state index in [4.69, 9.17) is 14.9 Å². The molecule has 0 radical (unpaired) electrons. The Kier molecular flexibility index (Phi) is 4.90. The van der Waals surface area contributed by atoms with Gasteiger partial charge in [0, 0.05) is 5.69 Å². The summed E-state index contributed by atoms with van der Waals surface area (Å²) >= 11 is 0. The van der Waals surface area contributed by atoms with Crippen LogP contribution in [0.5, 0.6) is 5.75 Å². The van der Waals surface area contributed by atoms with Crippen molar-refractivity contribution in [1.82, 2.24) is 4.98 Å². The minimum atomic E-state index is -1.00. The van der Waals surface area contributed by atoms with E-state index in [2.05, 4.69) is 4.98 Å². The molecular weight excluding hydrogens is 222 g/mol. The van der Waals surface area contributed by atoms with Gasteiger partial charge in [-0.25, -0.2) is 4.79 Å². The lowest BCUT2D eigenvalue weighted by atomic mass is 10.2. The van der Waals surface area contributed by atoms with Gasteiger partial charge in [-0.2, -0.15) is 0 Å². The summed E-state index contributed by atoms with van der Waals surface area (Å²) in [5.41, 5.74) is 1.12. The molecule has 0 aliphatic heterocycles. The number of hydrogen-bond acceptors (Lipinski definition) is 4. The smallest absolute Gasteiger partial charge is 0.344 e. The molecule has 0 aliphatic carbocycles. The number of ether oxygens (including phenoxy) is 1. The number of aliphatic hydroxyl groups is 1. The van der Waals surface area contributed by atoms with Crippen molar-refractivity contribution in [3.05, 3.63) is 23.5 Å². The largest absolute Gasteiger partial charge is 0.479 e. The molecule has 0 saturated carbocycles. The predicted molar refractivity (Wildman–Crippen MR) is 61.9 cm³/mol. The number of aromatic nitrogens is 1. The summed E-state index contributed by atoms with van der Waals surface area (Å²) in [5.74, 6) is -0.671. The van der Waals surface area contributed by atoms with Crippen molar-refractivity contribution in [2.24, 2.45) is 0 Å². The number of aliphatic carboxylic acids is 1. The fourth-order valence-electron chi connectivity index (χ4n) is 1.47. The Balaban J connectivity index is 2.88. The predicted octanol–water partition coefficient (Wildman–Crippen LogP) is 1.51. The van der Waals surface area contributed by atoms with Gasteiger partial charge >= 0.3 is 5.97 Å². The maximum Gasteiger partial charge on any atom is 0.344 e. The molecule has 0 amide bonds. The topological polar surface area (TPSA) is 79.7 Å². The SMILES string of the molecule is CCCC(Oc1ccc(C)nc1CO)C(=O)O. The monoisotopic (exact) mass is 239 g/mol. The Labute approximate surface area is 100 Å². The van der Waals surface area contributed by atoms with Crippen LogP contribution in [0.3, 0.4) is 0 Å². The van der Waals surface area contributed by atoms with Gasteiger partial charge in [-0.05, 0) is 25.5 Å². The standard InChI is InChI=1S/C12H17NO4/c1-3-4-11(12(15)16)17-10-6-5-8(2)13-9(10)7-14/h5-6,11,14H,3-4,7H2,1-2H3,(H,15,16). The lowest BCUT2D eigenvalue weighted by molar-refractivity contribution is -0.145. The van der Waals surface area contributed by atoms with Crippen LogP contribution in [0.25, 0.3) is 0 Å². The van der Waals surface area contributed by atoms with Crippen molar-refractivity contribution < 1.29 is 19.7 Å². The Morgan fingerprint density at radius 3 is 2.76 bits per heavy atom. The van der Waals surface area contributed by atoms with E-state index in [1.165, 1.54) is 0 Å². The lowest BCUT2D eigenvalue weighted by Crippen LogP contribution is -2.27. The zero-order valence-corrected chi connectivity index (χ0v) is 10.0. The van der Waals surface area contributed by atoms with Crippen molar-refractivity contribution in [3.63, 3.8) is 0 Å². The van der Waals surface area contributed by atoms with Gasteiger partial charge in [-0.1, -0.05) is 13.3 Å². The summed E-state index contributed by atoms with van der Waals surface area (Å²) in [4.78, 5) is 15.0. The summed E-state index contributed by atoms with van der Waals surface area (Å²) in [6, 6.07) is 3.36. The van der Waals surface area contributed by atoms with Crippen LogP contribution < -0.4 is 4.74 Å². The molecule has 2 N–H and O–H groups in total. The van der Waals surface area contributed by atoms with Gasteiger partial charge in [0.1, 0.15) is 11.4 Å². The Bertz CT molecular complexity index is 392. The number of carboxylic acid groups (broad SMARTS) is 1. The molecular formula is C12H17NO4. The van der Waals surface area contributed by atoms with Crippen molar-refractivity contribution in [3.8, 4) is 5.75 Å². The molecule has 1 aromatic rings. The molecule has 0 spiro atoms. The highest BCUT2D eigenvalue weighted by atomic mass is 16.5. The van der Waals surface area contributed by atoms with E-state index in [0.717, 1.165) is 5.69 Å². The first-order valence-corrected chi connectivity index (χ1v) is 5.55. The number of pyridine rings is 1. The number of nitrogens with zero attached hydrogens (tertiary/aromatic N) is 1. The molecule has 0 fully saturated rings. The van der Waals surface area contributed by atoms with Crippen LogP contribution in [0.1, 0.15) is 31.2 Å². The van der Waals surface area contributed by atoms with Crippen LogP contribution in [-0.2, 0) is 11.4 Å². The normalized spacial score (nSPS) is 12.2. The van der Waals surface area contributed by atoms with Crippen LogP contribution in [-0.4, -0.2) is 27.3 Å². The van der Waals surface area contributed by atoms with Crippen molar-refractivity contribution in [2.75, 3.05) is 0 Å². The number of aryl methyl sites for hydroxylation is 1. The molecule has 0 saturated heterocycles. The van der Waals surface area contributed by atoms with E-state index in [0.29, 0.717) is 24.3 Å². The highest BCUT2D eigenvalue weighted by molar-refractivity contribution is 5.72. The Morgan fingerprint density at radius 2 is 2.24 bits per heavy atom. The fourth-order valence-corrected chi connectivity index (χ4v) is 1.47. The third kappa shape index (κ3) is 3.71. The number of aliphatic hydroxyl groups excluding tert-OH is 1. The van der Waals surface area contributed by atoms with E-state index in [1.807, 2.05) is 6.92 Å². The van der Waals surface area contributed by atoms with Gasteiger partial charge in [0.2, 0.25) is 0 Å². The number of carbonyl (C=O) groups is 1. The van der Waals surface area contributed by atoms with E-state index in [9.17, 15) is 4.79 Å².